The number of nitrogens with zero attached hydrogens (tertiary/aromatic N) is 1. The Hall–Kier alpha value is -3.10. The average molecular weight is 426 g/mol. The number of anilines is 2. The number of benzene rings is 3. The molecule has 6 nitrogen and oxygen atoms in total. The van der Waals surface area contributed by atoms with Gasteiger partial charge in [0.15, 0.2) is 5.13 Å². The predicted molar refractivity (Wildman–Crippen MR) is 117 cm³/mol. The van der Waals surface area contributed by atoms with Gasteiger partial charge < -0.3 is 10.4 Å². The van der Waals surface area contributed by atoms with Gasteiger partial charge in [-0.05, 0) is 48.9 Å². The maximum Gasteiger partial charge on any atom is 0.263 e. The largest absolute Gasteiger partial charge is 0.507 e. The lowest BCUT2D eigenvalue weighted by Crippen LogP contribution is -2.12. The number of rotatable bonds is 6. The molecule has 0 bridgehead atoms. The van der Waals surface area contributed by atoms with Crippen LogP contribution in [-0.4, -0.2) is 18.5 Å². The van der Waals surface area contributed by atoms with Crippen LogP contribution in [0.2, 0.25) is 0 Å². The Morgan fingerprint density at radius 1 is 1.00 bits per heavy atom. The molecule has 0 saturated heterocycles. The molecule has 4 aromatic rings. The number of fused-ring (bicyclic) bond motifs is 1. The van der Waals surface area contributed by atoms with Crippen molar-refractivity contribution in [3.8, 4) is 5.75 Å². The van der Waals surface area contributed by atoms with Crippen molar-refractivity contribution >= 4 is 42.4 Å². The molecule has 0 amide bonds. The smallest absolute Gasteiger partial charge is 0.263 e. The first-order chi connectivity index (χ1) is 13.9. The summed E-state index contributed by atoms with van der Waals surface area (Å²) >= 11 is 1.29. The number of phenols is 1. The van der Waals surface area contributed by atoms with Crippen LogP contribution >= 0.6 is 11.3 Å². The van der Waals surface area contributed by atoms with Gasteiger partial charge in [0.1, 0.15) is 5.75 Å². The Bertz CT molecular complexity index is 1230. The van der Waals surface area contributed by atoms with Gasteiger partial charge in [0, 0.05) is 17.8 Å². The molecule has 0 saturated carbocycles. The van der Waals surface area contributed by atoms with Crippen molar-refractivity contribution in [3.05, 3.63) is 77.9 Å². The Labute approximate surface area is 172 Å². The first-order valence-electron chi connectivity index (χ1n) is 8.92. The number of hydrogen-bond donors (Lipinski definition) is 3. The van der Waals surface area contributed by atoms with E-state index in [4.69, 9.17) is 0 Å². The molecule has 3 aromatic carbocycles. The second-order valence-electron chi connectivity index (χ2n) is 6.55. The number of aromatic hydroxyl groups is 1. The van der Waals surface area contributed by atoms with Gasteiger partial charge in [-0.2, -0.15) is 0 Å². The van der Waals surface area contributed by atoms with E-state index in [1.165, 1.54) is 23.5 Å². The summed E-state index contributed by atoms with van der Waals surface area (Å²) in [6.07, 6.45) is 0. The number of hydrogen-bond acceptors (Lipinski definition) is 6. The maximum absolute atomic E-state index is 12.7. The summed E-state index contributed by atoms with van der Waals surface area (Å²) in [5.74, 6) is 0.263. The molecule has 4 rings (SSSR count). The minimum Gasteiger partial charge on any atom is -0.507 e. The van der Waals surface area contributed by atoms with Crippen molar-refractivity contribution in [3.63, 3.8) is 0 Å². The molecule has 0 spiro atoms. The van der Waals surface area contributed by atoms with Crippen molar-refractivity contribution < 1.29 is 13.5 Å². The summed E-state index contributed by atoms with van der Waals surface area (Å²) in [6, 6.07) is 19.5. The fourth-order valence-electron chi connectivity index (χ4n) is 2.90. The van der Waals surface area contributed by atoms with Crippen molar-refractivity contribution in [2.45, 2.75) is 18.4 Å². The summed E-state index contributed by atoms with van der Waals surface area (Å²) in [7, 11) is -3.73. The molecule has 0 aliphatic heterocycles. The predicted octanol–water partition coefficient (Wildman–Crippen LogP) is 4.72. The van der Waals surface area contributed by atoms with Crippen LogP contribution in [-0.2, 0) is 16.6 Å². The zero-order valence-electron chi connectivity index (χ0n) is 15.6. The van der Waals surface area contributed by atoms with Crippen LogP contribution in [0.4, 0.5) is 10.8 Å². The van der Waals surface area contributed by atoms with Crippen LogP contribution in [0.3, 0.4) is 0 Å². The standard InChI is InChI=1S/C21H19N3O3S2/c1-14-5-4-6-15(20(14)25)13-22-16-9-11-17(12-10-16)29(26,27)24-21-23-18-7-2-3-8-19(18)28-21/h2-12,22,25H,13H2,1H3,(H,23,24). The monoisotopic (exact) mass is 425 g/mol. The zero-order chi connectivity index (χ0) is 20.4. The van der Waals surface area contributed by atoms with E-state index < -0.39 is 10.0 Å². The van der Waals surface area contributed by atoms with E-state index in [9.17, 15) is 13.5 Å². The number of aromatic nitrogens is 1. The molecule has 0 radical (unpaired) electrons. The Morgan fingerprint density at radius 3 is 2.52 bits per heavy atom. The first kappa shape index (κ1) is 19.2. The molecule has 0 fully saturated rings. The number of para-hydroxylation sites is 2. The van der Waals surface area contributed by atoms with E-state index in [1.54, 1.807) is 12.1 Å². The molecule has 0 aliphatic rings. The van der Waals surface area contributed by atoms with Crippen LogP contribution in [0.1, 0.15) is 11.1 Å². The minimum absolute atomic E-state index is 0.153. The topological polar surface area (TPSA) is 91.3 Å². The van der Waals surface area contributed by atoms with Gasteiger partial charge in [0.25, 0.3) is 10.0 Å². The fraction of sp³-hybridized carbons (Fsp3) is 0.0952. The SMILES string of the molecule is Cc1cccc(CNc2ccc(S(=O)(=O)Nc3nc4ccccc4s3)cc2)c1O. The molecule has 1 aromatic heterocycles. The fourth-order valence-corrected chi connectivity index (χ4v) is 5.00. The van der Waals surface area contributed by atoms with Gasteiger partial charge in [0.05, 0.1) is 15.1 Å². The van der Waals surface area contributed by atoms with Crippen molar-refractivity contribution in [2.75, 3.05) is 10.0 Å². The highest BCUT2D eigenvalue weighted by molar-refractivity contribution is 7.93. The van der Waals surface area contributed by atoms with Gasteiger partial charge in [-0.15, -0.1) is 0 Å². The summed E-state index contributed by atoms with van der Waals surface area (Å²) in [6.45, 7) is 2.28. The van der Waals surface area contributed by atoms with E-state index in [1.807, 2.05) is 49.4 Å². The van der Waals surface area contributed by atoms with E-state index in [0.717, 1.165) is 27.0 Å². The lowest BCUT2D eigenvalue weighted by atomic mass is 10.1. The quantitative estimate of drug-likeness (QED) is 0.416. The Kier molecular flexibility index (Phi) is 5.12. The molecule has 3 N–H and O–H groups in total. The summed E-state index contributed by atoms with van der Waals surface area (Å²) in [5, 5.41) is 13.6. The molecule has 29 heavy (non-hydrogen) atoms. The second-order valence-corrected chi connectivity index (χ2v) is 9.27. The third-order valence-corrected chi connectivity index (χ3v) is 6.92. The number of aryl methyl sites for hydroxylation is 1. The zero-order valence-corrected chi connectivity index (χ0v) is 17.2. The molecule has 8 heteroatoms. The van der Waals surface area contributed by atoms with Gasteiger partial charge in [0.2, 0.25) is 0 Å². The molecular weight excluding hydrogens is 406 g/mol. The van der Waals surface area contributed by atoms with Crippen LogP contribution < -0.4 is 10.0 Å². The number of thiazole rings is 1. The average Bonchev–Trinajstić information content (AvgIpc) is 3.11. The van der Waals surface area contributed by atoms with Crippen molar-refractivity contribution in [1.82, 2.24) is 4.98 Å². The molecule has 148 valence electrons. The lowest BCUT2D eigenvalue weighted by Gasteiger charge is -2.10. The number of nitrogens with one attached hydrogen (secondary N) is 2. The normalized spacial score (nSPS) is 11.5. The number of sulfonamides is 1. The van der Waals surface area contributed by atoms with E-state index in [2.05, 4.69) is 15.0 Å². The Morgan fingerprint density at radius 2 is 1.76 bits per heavy atom. The molecule has 0 unspecified atom stereocenters. The molecular formula is C21H19N3O3S2. The van der Waals surface area contributed by atoms with Gasteiger partial charge >= 0.3 is 0 Å². The number of phenolic OH excluding ortho intramolecular Hbond substituents is 1. The van der Waals surface area contributed by atoms with Crippen molar-refractivity contribution in [2.24, 2.45) is 0 Å². The summed E-state index contributed by atoms with van der Waals surface area (Å²) < 4.78 is 28.8. The van der Waals surface area contributed by atoms with Crippen LogP contribution in [0.25, 0.3) is 10.2 Å². The second kappa shape index (κ2) is 7.73. The highest BCUT2D eigenvalue weighted by Crippen LogP contribution is 2.28. The van der Waals surface area contributed by atoms with Gasteiger partial charge in [-0.3, -0.25) is 4.72 Å². The van der Waals surface area contributed by atoms with Crippen LogP contribution in [0.5, 0.6) is 5.75 Å². The molecule has 1 heterocycles. The highest BCUT2D eigenvalue weighted by atomic mass is 32.2. The Balaban J connectivity index is 1.46. The lowest BCUT2D eigenvalue weighted by molar-refractivity contribution is 0.465. The first-order valence-corrected chi connectivity index (χ1v) is 11.2. The van der Waals surface area contributed by atoms with Crippen LogP contribution in [0, 0.1) is 6.92 Å². The highest BCUT2D eigenvalue weighted by Gasteiger charge is 2.16. The van der Waals surface area contributed by atoms with E-state index >= 15 is 0 Å². The van der Waals surface area contributed by atoms with Gasteiger partial charge in [-0.25, -0.2) is 13.4 Å². The minimum atomic E-state index is -3.73. The third-order valence-electron chi connectivity index (χ3n) is 4.48. The van der Waals surface area contributed by atoms with E-state index in [-0.39, 0.29) is 10.6 Å². The van der Waals surface area contributed by atoms with Crippen LogP contribution in [0.15, 0.2) is 71.6 Å². The van der Waals surface area contributed by atoms with Gasteiger partial charge in [-0.1, -0.05) is 41.7 Å². The summed E-state index contributed by atoms with van der Waals surface area (Å²) in [5.41, 5.74) is 3.10. The molecule has 0 atom stereocenters. The summed E-state index contributed by atoms with van der Waals surface area (Å²) in [4.78, 5) is 4.46. The van der Waals surface area contributed by atoms with Crippen molar-refractivity contribution in [1.29, 1.82) is 0 Å². The molecule has 0 aliphatic carbocycles. The third kappa shape index (κ3) is 4.18. The maximum atomic E-state index is 12.7. The van der Waals surface area contributed by atoms with E-state index in [0.29, 0.717) is 11.7 Å².